The minimum atomic E-state index is 0.297. The van der Waals surface area contributed by atoms with Crippen LogP contribution in [0, 0.1) is 6.92 Å². The molecule has 18 heavy (non-hydrogen) atoms. The van der Waals surface area contributed by atoms with Crippen molar-refractivity contribution in [3.8, 4) is 0 Å². The number of aryl methyl sites for hydroxylation is 1. The van der Waals surface area contributed by atoms with Gasteiger partial charge in [-0.25, -0.2) is 0 Å². The van der Waals surface area contributed by atoms with Crippen molar-refractivity contribution in [2.24, 2.45) is 0 Å². The van der Waals surface area contributed by atoms with Crippen molar-refractivity contribution < 1.29 is 0 Å². The Morgan fingerprint density at radius 1 is 1.44 bits per heavy atom. The van der Waals surface area contributed by atoms with Gasteiger partial charge in [0, 0.05) is 33.7 Å². The third-order valence-corrected chi connectivity index (χ3v) is 6.24. The van der Waals surface area contributed by atoms with E-state index in [-0.39, 0.29) is 0 Å². The Hall–Kier alpha value is -0.230. The minimum Gasteiger partial charge on any atom is -0.312 e. The lowest BCUT2D eigenvalue weighted by Gasteiger charge is -2.15. The number of nitrogens with one attached hydrogen (secondary N) is 1. The van der Waals surface area contributed by atoms with Gasteiger partial charge in [-0.1, -0.05) is 6.07 Å². The molecule has 0 aromatic carbocycles. The lowest BCUT2D eigenvalue weighted by molar-refractivity contribution is 0.592. The van der Waals surface area contributed by atoms with Gasteiger partial charge in [0.15, 0.2) is 0 Å². The maximum atomic E-state index is 4.46. The average molecular weight is 390 g/mol. The van der Waals surface area contributed by atoms with E-state index in [1.165, 1.54) is 10.4 Å². The fourth-order valence-corrected chi connectivity index (χ4v) is 4.01. The molecule has 0 aliphatic heterocycles. The van der Waals surface area contributed by atoms with E-state index >= 15 is 0 Å². The molecule has 1 atom stereocenters. The second-order valence-corrected chi connectivity index (χ2v) is 7.34. The number of pyridine rings is 1. The second-order valence-electron chi connectivity index (χ2n) is 4.08. The first kappa shape index (κ1) is 14.2. The molecule has 2 heterocycles. The summed E-state index contributed by atoms with van der Waals surface area (Å²) in [6, 6.07) is 6.54. The lowest BCUT2D eigenvalue weighted by Crippen LogP contribution is -2.18. The van der Waals surface area contributed by atoms with Crippen LogP contribution in [-0.4, -0.2) is 12.0 Å². The summed E-state index contributed by atoms with van der Waals surface area (Å²) in [6.07, 6.45) is 2.76. The smallest absolute Gasteiger partial charge is 0.0843 e. The summed E-state index contributed by atoms with van der Waals surface area (Å²) in [5.41, 5.74) is 2.39. The predicted molar refractivity (Wildman–Crippen MR) is 84.2 cm³/mol. The van der Waals surface area contributed by atoms with Gasteiger partial charge in [0.05, 0.1) is 3.79 Å². The maximum Gasteiger partial charge on any atom is 0.0843 e. The van der Waals surface area contributed by atoms with E-state index in [4.69, 9.17) is 0 Å². The minimum absolute atomic E-state index is 0.297. The first-order valence-electron chi connectivity index (χ1n) is 5.64. The van der Waals surface area contributed by atoms with Crippen molar-refractivity contribution in [2.75, 3.05) is 7.05 Å². The van der Waals surface area contributed by atoms with E-state index in [1.807, 2.05) is 19.3 Å². The molecule has 0 aliphatic carbocycles. The van der Waals surface area contributed by atoms with Gasteiger partial charge in [0.1, 0.15) is 0 Å². The molecular formula is C13H14Br2N2S. The standard InChI is InChI=1S/C13H14Br2N2S/c1-8-4-3-5-17-10(8)7-11(16-2)12-6-9(14)13(15)18-12/h3-6,11,16H,7H2,1-2H3. The van der Waals surface area contributed by atoms with E-state index in [0.29, 0.717) is 6.04 Å². The molecule has 0 spiro atoms. The molecule has 2 aromatic heterocycles. The molecule has 2 nitrogen and oxygen atoms in total. The molecule has 5 heteroatoms. The number of rotatable bonds is 4. The highest BCUT2D eigenvalue weighted by molar-refractivity contribution is 9.13. The topological polar surface area (TPSA) is 24.9 Å². The molecule has 2 rings (SSSR count). The Morgan fingerprint density at radius 3 is 2.78 bits per heavy atom. The van der Waals surface area contributed by atoms with E-state index in [0.717, 1.165) is 20.4 Å². The molecule has 0 radical (unpaired) electrons. The number of thiophene rings is 1. The fourth-order valence-electron chi connectivity index (χ4n) is 1.81. The highest BCUT2D eigenvalue weighted by Gasteiger charge is 2.16. The van der Waals surface area contributed by atoms with Gasteiger partial charge in [0.2, 0.25) is 0 Å². The quantitative estimate of drug-likeness (QED) is 0.833. The molecule has 1 N–H and O–H groups in total. The van der Waals surface area contributed by atoms with Crippen LogP contribution in [-0.2, 0) is 6.42 Å². The normalized spacial score (nSPS) is 12.7. The van der Waals surface area contributed by atoms with Gasteiger partial charge in [0.25, 0.3) is 0 Å². The second kappa shape index (κ2) is 6.28. The maximum absolute atomic E-state index is 4.46. The molecule has 0 saturated carbocycles. The Balaban J connectivity index is 2.22. The van der Waals surface area contributed by atoms with Crippen molar-refractivity contribution in [3.63, 3.8) is 0 Å². The number of nitrogens with zero attached hydrogens (tertiary/aromatic N) is 1. The highest BCUT2D eigenvalue weighted by atomic mass is 79.9. The molecule has 0 fully saturated rings. The third-order valence-electron chi connectivity index (χ3n) is 2.87. The first-order valence-corrected chi connectivity index (χ1v) is 8.04. The Kier molecular flexibility index (Phi) is 4.95. The van der Waals surface area contributed by atoms with Crippen LogP contribution < -0.4 is 5.32 Å². The Morgan fingerprint density at radius 2 is 2.22 bits per heavy atom. The zero-order valence-corrected chi connectivity index (χ0v) is 14.2. The van der Waals surface area contributed by atoms with E-state index < -0.39 is 0 Å². The van der Waals surface area contributed by atoms with Crippen LogP contribution in [0.3, 0.4) is 0 Å². The lowest BCUT2D eigenvalue weighted by atomic mass is 10.1. The van der Waals surface area contributed by atoms with Gasteiger partial charge >= 0.3 is 0 Å². The zero-order chi connectivity index (χ0) is 13.1. The zero-order valence-electron chi connectivity index (χ0n) is 10.2. The Bertz CT molecular complexity index is 520. The molecule has 0 bridgehead atoms. The summed E-state index contributed by atoms with van der Waals surface area (Å²) >= 11 is 8.83. The van der Waals surface area contributed by atoms with Crippen LogP contribution in [0.4, 0.5) is 0 Å². The van der Waals surface area contributed by atoms with Crippen LogP contribution in [0.5, 0.6) is 0 Å². The first-order chi connectivity index (χ1) is 8.61. The Labute approximate surface area is 128 Å². The monoisotopic (exact) mass is 388 g/mol. The molecule has 1 unspecified atom stereocenters. The summed E-state index contributed by atoms with van der Waals surface area (Å²) in [7, 11) is 1.99. The molecule has 0 saturated heterocycles. The molecule has 96 valence electrons. The number of aromatic nitrogens is 1. The van der Waals surface area contributed by atoms with Gasteiger partial charge in [-0.2, -0.15) is 0 Å². The van der Waals surface area contributed by atoms with Gasteiger partial charge in [-0.05, 0) is 63.5 Å². The molecule has 0 amide bonds. The van der Waals surface area contributed by atoms with Crippen molar-refractivity contribution in [1.82, 2.24) is 10.3 Å². The van der Waals surface area contributed by atoms with Crippen molar-refractivity contribution in [1.29, 1.82) is 0 Å². The van der Waals surface area contributed by atoms with Crippen LogP contribution in [0.15, 0.2) is 32.7 Å². The van der Waals surface area contributed by atoms with Crippen molar-refractivity contribution in [3.05, 3.63) is 48.8 Å². The molecule has 2 aromatic rings. The van der Waals surface area contributed by atoms with Gasteiger partial charge in [-0.15, -0.1) is 11.3 Å². The summed E-state index contributed by atoms with van der Waals surface area (Å²) in [5.74, 6) is 0. The van der Waals surface area contributed by atoms with Crippen molar-refractivity contribution >= 4 is 43.2 Å². The largest absolute Gasteiger partial charge is 0.312 e. The third kappa shape index (κ3) is 3.20. The number of hydrogen-bond acceptors (Lipinski definition) is 3. The van der Waals surface area contributed by atoms with Crippen LogP contribution >= 0.6 is 43.2 Å². The molecule has 0 aliphatic rings. The number of halogens is 2. The summed E-state index contributed by atoms with van der Waals surface area (Å²) in [5, 5.41) is 3.36. The predicted octanol–water partition coefficient (Wildman–Crippen LogP) is 4.48. The summed E-state index contributed by atoms with van der Waals surface area (Å²) in [6.45, 7) is 2.11. The highest BCUT2D eigenvalue weighted by Crippen LogP contribution is 2.36. The van der Waals surface area contributed by atoms with E-state index in [1.54, 1.807) is 11.3 Å². The van der Waals surface area contributed by atoms with Crippen LogP contribution in [0.1, 0.15) is 22.2 Å². The van der Waals surface area contributed by atoms with Crippen molar-refractivity contribution in [2.45, 2.75) is 19.4 Å². The van der Waals surface area contributed by atoms with E-state index in [9.17, 15) is 0 Å². The number of hydrogen-bond donors (Lipinski definition) is 1. The summed E-state index contributed by atoms with van der Waals surface area (Å²) < 4.78 is 2.25. The fraction of sp³-hybridized carbons (Fsp3) is 0.308. The van der Waals surface area contributed by atoms with Gasteiger partial charge < -0.3 is 5.32 Å². The van der Waals surface area contributed by atoms with Crippen LogP contribution in [0.2, 0.25) is 0 Å². The average Bonchev–Trinajstić information content (AvgIpc) is 2.68. The van der Waals surface area contributed by atoms with Crippen LogP contribution in [0.25, 0.3) is 0 Å². The summed E-state index contributed by atoms with van der Waals surface area (Å²) in [4.78, 5) is 5.77. The molecular weight excluding hydrogens is 376 g/mol. The van der Waals surface area contributed by atoms with Gasteiger partial charge in [-0.3, -0.25) is 4.98 Å². The van der Waals surface area contributed by atoms with E-state index in [2.05, 4.69) is 61.2 Å². The number of likely N-dealkylation sites (N-methyl/N-ethyl adjacent to an activating group) is 1. The SMILES string of the molecule is CNC(Cc1ncccc1C)c1cc(Br)c(Br)s1.